The summed E-state index contributed by atoms with van der Waals surface area (Å²) in [6, 6.07) is 1.48. The van der Waals surface area contributed by atoms with Crippen molar-refractivity contribution in [2.45, 2.75) is 40.2 Å². The molecule has 1 atom stereocenters. The van der Waals surface area contributed by atoms with Crippen LogP contribution in [0.5, 0.6) is 0 Å². The zero-order valence-corrected chi connectivity index (χ0v) is 14.3. The van der Waals surface area contributed by atoms with Crippen molar-refractivity contribution in [1.82, 2.24) is 15.0 Å². The van der Waals surface area contributed by atoms with Crippen molar-refractivity contribution in [3.05, 3.63) is 11.8 Å². The first-order valence-electron chi connectivity index (χ1n) is 8.19. The van der Waals surface area contributed by atoms with Crippen molar-refractivity contribution in [3.8, 4) is 0 Å². The van der Waals surface area contributed by atoms with Gasteiger partial charge in [-0.15, -0.1) is 0 Å². The number of aromatic nitrogens is 1. The molecule has 1 saturated heterocycles. The number of hydrogen-bond acceptors (Lipinski definition) is 5. The molecule has 2 amide bonds. The SMILES string of the molecule is CCC(C(=O)Nc1cc(C)on1)N1CCN(C(=O)C(C)C)CC1. The van der Waals surface area contributed by atoms with E-state index in [-0.39, 0.29) is 23.8 Å². The third-order valence-electron chi connectivity index (χ3n) is 4.13. The van der Waals surface area contributed by atoms with E-state index < -0.39 is 0 Å². The molecule has 1 N–H and O–H groups in total. The Morgan fingerprint density at radius 3 is 2.43 bits per heavy atom. The first kappa shape index (κ1) is 17.5. The van der Waals surface area contributed by atoms with Crippen LogP contribution in [0.4, 0.5) is 5.82 Å². The number of carbonyl (C=O) groups is 2. The Bertz CT molecular complexity index is 547. The van der Waals surface area contributed by atoms with Gasteiger partial charge in [-0.25, -0.2) is 0 Å². The zero-order valence-electron chi connectivity index (χ0n) is 14.3. The first-order valence-corrected chi connectivity index (χ1v) is 8.19. The van der Waals surface area contributed by atoms with Crippen molar-refractivity contribution in [2.24, 2.45) is 5.92 Å². The number of amides is 2. The predicted molar refractivity (Wildman–Crippen MR) is 86.9 cm³/mol. The number of anilines is 1. The van der Waals surface area contributed by atoms with Gasteiger partial charge in [-0.3, -0.25) is 14.5 Å². The van der Waals surface area contributed by atoms with E-state index >= 15 is 0 Å². The van der Waals surface area contributed by atoms with Crippen LogP contribution in [-0.4, -0.2) is 59.0 Å². The molecule has 7 nitrogen and oxygen atoms in total. The molecule has 0 saturated carbocycles. The van der Waals surface area contributed by atoms with Crippen LogP contribution in [0.3, 0.4) is 0 Å². The predicted octanol–water partition coefficient (Wildman–Crippen LogP) is 1.50. The van der Waals surface area contributed by atoms with Crippen molar-refractivity contribution in [2.75, 3.05) is 31.5 Å². The highest BCUT2D eigenvalue weighted by molar-refractivity contribution is 5.94. The largest absolute Gasteiger partial charge is 0.360 e. The monoisotopic (exact) mass is 322 g/mol. The van der Waals surface area contributed by atoms with E-state index in [1.165, 1.54) is 0 Å². The second-order valence-corrected chi connectivity index (χ2v) is 6.25. The van der Waals surface area contributed by atoms with Gasteiger partial charge >= 0.3 is 0 Å². The number of nitrogens with zero attached hydrogens (tertiary/aromatic N) is 3. The van der Waals surface area contributed by atoms with Gasteiger partial charge in [0.15, 0.2) is 5.82 Å². The van der Waals surface area contributed by atoms with Crippen LogP contribution in [0.25, 0.3) is 0 Å². The standard InChI is InChI=1S/C16H26N4O3/c1-5-13(15(21)17-14-10-12(4)23-18-14)19-6-8-20(9-7-19)16(22)11(2)3/h10-11,13H,5-9H2,1-4H3,(H,17,18,21). The Morgan fingerprint density at radius 2 is 1.96 bits per heavy atom. The van der Waals surface area contributed by atoms with E-state index in [0.717, 1.165) is 0 Å². The first-order chi connectivity index (χ1) is 10.9. The summed E-state index contributed by atoms with van der Waals surface area (Å²) in [7, 11) is 0. The third kappa shape index (κ3) is 4.31. The number of piperazine rings is 1. The van der Waals surface area contributed by atoms with Gasteiger partial charge in [0.25, 0.3) is 0 Å². The maximum Gasteiger partial charge on any atom is 0.242 e. The van der Waals surface area contributed by atoms with Gasteiger partial charge in [-0.05, 0) is 13.3 Å². The van der Waals surface area contributed by atoms with Crippen LogP contribution in [0, 0.1) is 12.8 Å². The van der Waals surface area contributed by atoms with E-state index in [0.29, 0.717) is 44.2 Å². The molecule has 128 valence electrons. The molecular weight excluding hydrogens is 296 g/mol. The van der Waals surface area contributed by atoms with Gasteiger partial charge in [0.2, 0.25) is 11.8 Å². The summed E-state index contributed by atoms with van der Waals surface area (Å²) in [5.41, 5.74) is 0. The van der Waals surface area contributed by atoms with E-state index in [2.05, 4.69) is 15.4 Å². The van der Waals surface area contributed by atoms with Crippen molar-refractivity contribution in [3.63, 3.8) is 0 Å². The Morgan fingerprint density at radius 1 is 1.30 bits per heavy atom. The fraction of sp³-hybridized carbons (Fsp3) is 0.688. The molecule has 0 bridgehead atoms. The Balaban J connectivity index is 1.91. The lowest BCUT2D eigenvalue weighted by molar-refractivity contribution is -0.137. The summed E-state index contributed by atoms with van der Waals surface area (Å²) in [5.74, 6) is 1.22. The minimum atomic E-state index is -0.219. The third-order valence-corrected chi connectivity index (χ3v) is 4.13. The fourth-order valence-electron chi connectivity index (χ4n) is 2.86. The van der Waals surface area contributed by atoms with Gasteiger partial charge in [0.1, 0.15) is 5.76 Å². The molecule has 0 aliphatic carbocycles. The molecule has 7 heteroatoms. The van der Waals surface area contributed by atoms with Gasteiger partial charge in [-0.1, -0.05) is 25.9 Å². The van der Waals surface area contributed by atoms with Gasteiger partial charge in [0, 0.05) is 38.2 Å². The Kier molecular flexibility index (Phi) is 5.76. The van der Waals surface area contributed by atoms with Gasteiger partial charge in [0.05, 0.1) is 6.04 Å². The molecule has 1 aromatic heterocycles. The summed E-state index contributed by atoms with van der Waals surface area (Å²) in [5, 5.41) is 6.59. The van der Waals surface area contributed by atoms with Crippen molar-refractivity contribution < 1.29 is 14.1 Å². The van der Waals surface area contributed by atoms with Gasteiger partial charge < -0.3 is 14.7 Å². The van der Waals surface area contributed by atoms with Crippen molar-refractivity contribution in [1.29, 1.82) is 0 Å². The van der Waals surface area contributed by atoms with E-state index in [1.54, 1.807) is 13.0 Å². The van der Waals surface area contributed by atoms with Crippen LogP contribution in [-0.2, 0) is 9.59 Å². The highest BCUT2D eigenvalue weighted by Crippen LogP contribution is 2.14. The zero-order chi connectivity index (χ0) is 17.0. The summed E-state index contributed by atoms with van der Waals surface area (Å²) in [6.45, 7) is 10.4. The lowest BCUT2D eigenvalue weighted by Crippen LogP contribution is -2.55. The van der Waals surface area contributed by atoms with E-state index in [9.17, 15) is 9.59 Å². The number of nitrogens with one attached hydrogen (secondary N) is 1. The molecule has 23 heavy (non-hydrogen) atoms. The van der Waals surface area contributed by atoms with Crippen LogP contribution < -0.4 is 5.32 Å². The summed E-state index contributed by atoms with van der Waals surface area (Å²) in [4.78, 5) is 28.5. The molecular formula is C16H26N4O3. The quantitative estimate of drug-likeness (QED) is 0.889. The smallest absolute Gasteiger partial charge is 0.242 e. The molecule has 1 aliphatic rings. The molecule has 2 rings (SSSR count). The Hall–Kier alpha value is -1.89. The van der Waals surface area contributed by atoms with Crippen molar-refractivity contribution >= 4 is 17.6 Å². The van der Waals surface area contributed by atoms with Crippen LogP contribution in [0.2, 0.25) is 0 Å². The lowest BCUT2D eigenvalue weighted by atomic mass is 10.1. The number of aryl methyl sites for hydroxylation is 1. The summed E-state index contributed by atoms with van der Waals surface area (Å²) in [6.07, 6.45) is 0.709. The van der Waals surface area contributed by atoms with E-state index in [4.69, 9.17) is 4.52 Å². The topological polar surface area (TPSA) is 78.7 Å². The normalized spacial score (nSPS) is 17.3. The molecule has 0 aromatic carbocycles. The second-order valence-electron chi connectivity index (χ2n) is 6.25. The highest BCUT2D eigenvalue weighted by atomic mass is 16.5. The number of hydrogen-bond donors (Lipinski definition) is 1. The average Bonchev–Trinajstić information content (AvgIpc) is 2.93. The molecule has 1 unspecified atom stereocenters. The molecule has 0 radical (unpaired) electrons. The average molecular weight is 322 g/mol. The minimum absolute atomic E-state index is 0.0159. The molecule has 2 heterocycles. The maximum atomic E-state index is 12.5. The molecule has 0 spiro atoms. The molecule has 1 aliphatic heterocycles. The Labute approximate surface area is 137 Å². The summed E-state index contributed by atoms with van der Waals surface area (Å²) < 4.78 is 4.96. The highest BCUT2D eigenvalue weighted by Gasteiger charge is 2.30. The van der Waals surface area contributed by atoms with Crippen LogP contribution >= 0.6 is 0 Å². The van der Waals surface area contributed by atoms with Crippen LogP contribution in [0.15, 0.2) is 10.6 Å². The molecule has 1 aromatic rings. The minimum Gasteiger partial charge on any atom is -0.360 e. The lowest BCUT2D eigenvalue weighted by Gasteiger charge is -2.38. The maximum absolute atomic E-state index is 12.5. The fourth-order valence-corrected chi connectivity index (χ4v) is 2.86. The van der Waals surface area contributed by atoms with E-state index in [1.807, 2.05) is 25.7 Å². The number of rotatable bonds is 5. The number of carbonyl (C=O) groups excluding carboxylic acids is 2. The molecule has 1 fully saturated rings. The van der Waals surface area contributed by atoms with Crippen LogP contribution in [0.1, 0.15) is 33.0 Å². The summed E-state index contributed by atoms with van der Waals surface area (Å²) >= 11 is 0. The second kappa shape index (κ2) is 7.59. The van der Waals surface area contributed by atoms with Gasteiger partial charge in [-0.2, -0.15) is 0 Å².